The van der Waals surface area contributed by atoms with E-state index in [-0.39, 0.29) is 0 Å². The van der Waals surface area contributed by atoms with Gasteiger partial charge in [0.05, 0.1) is 33.3 Å². The van der Waals surface area contributed by atoms with Gasteiger partial charge in [0, 0.05) is 38.2 Å². The van der Waals surface area contributed by atoms with Crippen LogP contribution in [-0.2, 0) is 0 Å². The Morgan fingerprint density at radius 1 is 0.327 bits per heavy atom. The average Bonchev–Trinajstić information content (AvgIpc) is 3.72. The zero-order valence-corrected chi connectivity index (χ0v) is 28.1. The van der Waals surface area contributed by atoms with E-state index in [4.69, 9.17) is 9.97 Å². The molecule has 52 heavy (non-hydrogen) atoms. The molecular weight excluding hydrogens is 633 g/mol. The minimum absolute atomic E-state index is 0.656. The quantitative estimate of drug-likeness (QED) is 0.188. The summed E-state index contributed by atoms with van der Waals surface area (Å²) in [7, 11) is 0. The van der Waals surface area contributed by atoms with Gasteiger partial charge in [0.15, 0.2) is 0 Å². The van der Waals surface area contributed by atoms with Crippen molar-refractivity contribution in [3.63, 3.8) is 0 Å². The lowest BCUT2D eigenvalue weighted by molar-refractivity contribution is 1.01. The minimum atomic E-state index is 0.656. The molecule has 0 saturated carbocycles. The monoisotopic (exact) mass is 662 g/mol. The van der Waals surface area contributed by atoms with Crippen molar-refractivity contribution in [2.45, 2.75) is 0 Å². The summed E-state index contributed by atoms with van der Waals surface area (Å²) in [5, 5.41) is 8.19. The lowest BCUT2D eigenvalue weighted by Crippen LogP contribution is -2.03. The third-order valence-electron chi connectivity index (χ3n) is 10.5. The lowest BCUT2D eigenvalue weighted by atomic mass is 9.99. The Kier molecular flexibility index (Phi) is 6.22. The fourth-order valence-electron chi connectivity index (χ4n) is 8.09. The van der Waals surface area contributed by atoms with E-state index in [0.717, 1.165) is 55.5 Å². The van der Waals surface area contributed by atoms with E-state index in [1.807, 2.05) is 0 Å². The highest BCUT2D eigenvalue weighted by Gasteiger charge is 2.20. The predicted octanol–water partition coefficient (Wildman–Crippen LogP) is 12.3. The van der Waals surface area contributed by atoms with Crippen LogP contribution in [0.2, 0.25) is 0 Å². The van der Waals surface area contributed by atoms with Crippen molar-refractivity contribution >= 4 is 65.3 Å². The Morgan fingerprint density at radius 3 is 1.67 bits per heavy atom. The van der Waals surface area contributed by atoms with Gasteiger partial charge >= 0.3 is 0 Å². The first-order valence-corrected chi connectivity index (χ1v) is 17.7. The summed E-state index contributed by atoms with van der Waals surface area (Å²) in [4.78, 5) is 10.8. The van der Waals surface area contributed by atoms with Gasteiger partial charge in [-0.3, -0.25) is 4.57 Å². The van der Waals surface area contributed by atoms with E-state index in [1.165, 1.54) is 37.8 Å². The van der Waals surface area contributed by atoms with Gasteiger partial charge in [0.25, 0.3) is 0 Å². The van der Waals surface area contributed by atoms with Crippen LogP contribution in [0.3, 0.4) is 0 Å². The molecule has 0 saturated heterocycles. The molecule has 0 N–H and O–H groups in total. The maximum Gasteiger partial charge on any atom is 0.235 e. The van der Waals surface area contributed by atoms with Crippen LogP contribution in [0.25, 0.3) is 99.3 Å². The molecule has 0 radical (unpaired) electrons. The van der Waals surface area contributed by atoms with Crippen molar-refractivity contribution in [1.29, 1.82) is 0 Å². The molecular formula is C48H30N4. The highest BCUT2D eigenvalue weighted by Crippen LogP contribution is 2.39. The molecule has 0 unspecified atom stereocenters. The fraction of sp³-hybridized carbons (Fsp3) is 0. The largest absolute Gasteiger partial charge is 0.309 e. The third kappa shape index (κ3) is 4.34. The van der Waals surface area contributed by atoms with Crippen LogP contribution in [0.4, 0.5) is 0 Å². The van der Waals surface area contributed by atoms with Gasteiger partial charge in [-0.1, -0.05) is 121 Å². The Balaban J connectivity index is 1.22. The first kappa shape index (κ1) is 28.8. The van der Waals surface area contributed by atoms with Crippen LogP contribution >= 0.6 is 0 Å². The molecule has 3 heterocycles. The molecule has 3 aromatic heterocycles. The standard InChI is InChI=1S/C48H30N4/c1-3-13-31(14-4-1)34-23-25-42-41(28-34)47(35-24-26-45-39(29-35)37-19-9-11-21-43(37)51(45)36-17-5-2-6-18-36)50-48(49-42)52-44-22-12-10-20-38(44)40-27-32-15-7-8-16-33(32)30-46(40)52/h1-30H. The van der Waals surface area contributed by atoms with Crippen molar-refractivity contribution in [1.82, 2.24) is 19.1 Å². The van der Waals surface area contributed by atoms with Gasteiger partial charge in [-0.05, 0) is 82.6 Å². The summed E-state index contributed by atoms with van der Waals surface area (Å²) in [6.45, 7) is 0. The van der Waals surface area contributed by atoms with E-state index >= 15 is 0 Å². The average molecular weight is 663 g/mol. The van der Waals surface area contributed by atoms with Crippen molar-refractivity contribution in [2.75, 3.05) is 0 Å². The Hall–Kier alpha value is -7.04. The van der Waals surface area contributed by atoms with Crippen molar-refractivity contribution in [3.05, 3.63) is 182 Å². The second-order valence-corrected chi connectivity index (χ2v) is 13.5. The van der Waals surface area contributed by atoms with Crippen LogP contribution < -0.4 is 0 Å². The summed E-state index contributed by atoms with van der Waals surface area (Å²) in [6, 6.07) is 64.9. The van der Waals surface area contributed by atoms with Gasteiger partial charge in [-0.25, -0.2) is 9.97 Å². The molecule has 4 heteroatoms. The molecule has 0 aliphatic carbocycles. The summed E-state index contributed by atoms with van der Waals surface area (Å²) < 4.78 is 4.60. The molecule has 0 aliphatic rings. The zero-order chi connectivity index (χ0) is 34.2. The first-order chi connectivity index (χ1) is 25.8. The number of benzene rings is 8. The van der Waals surface area contributed by atoms with Gasteiger partial charge in [-0.2, -0.15) is 0 Å². The van der Waals surface area contributed by atoms with E-state index in [2.05, 4.69) is 191 Å². The lowest BCUT2D eigenvalue weighted by Gasteiger charge is -2.14. The fourth-order valence-corrected chi connectivity index (χ4v) is 8.09. The van der Waals surface area contributed by atoms with Crippen molar-refractivity contribution in [3.8, 4) is 34.0 Å². The van der Waals surface area contributed by atoms with Crippen LogP contribution in [-0.4, -0.2) is 19.1 Å². The maximum absolute atomic E-state index is 5.53. The Morgan fingerprint density at radius 2 is 0.904 bits per heavy atom. The second kappa shape index (κ2) is 11.2. The molecule has 0 atom stereocenters. The number of rotatable bonds is 4. The summed E-state index contributed by atoms with van der Waals surface area (Å²) in [5.41, 5.74) is 10.8. The smallest absolute Gasteiger partial charge is 0.235 e. The highest BCUT2D eigenvalue weighted by molar-refractivity contribution is 6.14. The number of aromatic nitrogens is 4. The topological polar surface area (TPSA) is 35.6 Å². The van der Waals surface area contributed by atoms with Gasteiger partial charge in [0.1, 0.15) is 0 Å². The SMILES string of the molecule is c1ccc(-c2ccc3nc(-n4c5ccccc5c5cc6ccccc6cc54)nc(-c4ccc5c(c4)c4ccccc4n5-c4ccccc4)c3c2)cc1. The normalized spacial score (nSPS) is 11.8. The van der Waals surface area contributed by atoms with Crippen LogP contribution in [0.15, 0.2) is 182 Å². The van der Waals surface area contributed by atoms with Crippen molar-refractivity contribution < 1.29 is 0 Å². The summed E-state index contributed by atoms with van der Waals surface area (Å²) >= 11 is 0. The van der Waals surface area contributed by atoms with Crippen LogP contribution in [0, 0.1) is 0 Å². The Labute approximate surface area is 299 Å². The van der Waals surface area contributed by atoms with E-state index in [1.54, 1.807) is 0 Å². The van der Waals surface area contributed by atoms with E-state index in [9.17, 15) is 0 Å². The van der Waals surface area contributed by atoms with Crippen molar-refractivity contribution in [2.24, 2.45) is 0 Å². The molecule has 0 fully saturated rings. The highest BCUT2D eigenvalue weighted by atomic mass is 15.2. The summed E-state index contributed by atoms with van der Waals surface area (Å²) in [5.74, 6) is 0.656. The number of hydrogen-bond donors (Lipinski definition) is 0. The summed E-state index contributed by atoms with van der Waals surface area (Å²) in [6.07, 6.45) is 0. The zero-order valence-electron chi connectivity index (χ0n) is 28.1. The van der Waals surface area contributed by atoms with Gasteiger partial charge in [0.2, 0.25) is 5.95 Å². The first-order valence-electron chi connectivity index (χ1n) is 17.7. The molecule has 242 valence electrons. The number of para-hydroxylation sites is 3. The molecule has 4 nitrogen and oxygen atoms in total. The second-order valence-electron chi connectivity index (χ2n) is 13.5. The third-order valence-corrected chi connectivity index (χ3v) is 10.5. The van der Waals surface area contributed by atoms with Crippen LogP contribution in [0.1, 0.15) is 0 Å². The molecule has 0 aliphatic heterocycles. The van der Waals surface area contributed by atoms with Gasteiger partial charge < -0.3 is 4.57 Å². The molecule has 0 spiro atoms. The Bertz CT molecular complexity index is 3170. The van der Waals surface area contributed by atoms with E-state index in [0.29, 0.717) is 5.95 Å². The molecule has 11 aromatic rings. The molecule has 11 rings (SSSR count). The minimum Gasteiger partial charge on any atom is -0.309 e. The van der Waals surface area contributed by atoms with Crippen LogP contribution in [0.5, 0.6) is 0 Å². The van der Waals surface area contributed by atoms with E-state index < -0.39 is 0 Å². The predicted molar refractivity (Wildman–Crippen MR) is 217 cm³/mol. The van der Waals surface area contributed by atoms with Gasteiger partial charge in [-0.15, -0.1) is 0 Å². The number of hydrogen-bond acceptors (Lipinski definition) is 2. The molecule has 8 aromatic carbocycles. The maximum atomic E-state index is 5.53. The molecule has 0 bridgehead atoms. The number of nitrogens with zero attached hydrogens (tertiary/aromatic N) is 4. The number of fused-ring (bicyclic) bond motifs is 8. The molecule has 0 amide bonds.